The van der Waals surface area contributed by atoms with E-state index in [4.69, 9.17) is 31.4 Å². The number of imide groups is 1. The number of ether oxygens (including phenoxy) is 3. The second-order valence-electron chi connectivity index (χ2n) is 19.9. The predicted molar refractivity (Wildman–Crippen MR) is 280 cm³/mol. The number of amides is 7. The molecule has 1 unspecified atom stereocenters. The van der Waals surface area contributed by atoms with E-state index >= 15 is 4.39 Å². The average molecular weight is 1090 g/mol. The number of aliphatic hydroxyl groups is 2. The molecule has 2 aromatic heterocycles. The van der Waals surface area contributed by atoms with Crippen LogP contribution in [0.1, 0.15) is 77.6 Å². The third-order valence-electron chi connectivity index (χ3n) is 14.9. The van der Waals surface area contributed by atoms with Crippen LogP contribution in [0.2, 0.25) is 0 Å². The van der Waals surface area contributed by atoms with Gasteiger partial charge in [-0.1, -0.05) is 49.5 Å². The van der Waals surface area contributed by atoms with Gasteiger partial charge in [0.2, 0.25) is 29.5 Å². The Hall–Kier alpha value is -7.35. The van der Waals surface area contributed by atoms with Gasteiger partial charge in [-0.2, -0.15) is 0 Å². The van der Waals surface area contributed by atoms with Crippen molar-refractivity contribution >= 4 is 69.5 Å². The highest BCUT2D eigenvalue weighted by Gasteiger charge is 2.46. The maximum Gasteiger partial charge on any atom is 0.257 e. The number of rotatable bonds is 23. The van der Waals surface area contributed by atoms with Gasteiger partial charge >= 0.3 is 0 Å². The highest BCUT2D eigenvalue weighted by Crippen LogP contribution is 2.47. The molecule has 3 aliphatic heterocycles. The number of carbonyl (C=O) groups is 7. The van der Waals surface area contributed by atoms with Gasteiger partial charge in [0, 0.05) is 59.1 Å². The number of benzene rings is 2. The zero-order chi connectivity index (χ0) is 55.4. The smallest absolute Gasteiger partial charge is 0.257 e. The van der Waals surface area contributed by atoms with Crippen LogP contribution < -0.4 is 37.5 Å². The minimum absolute atomic E-state index is 0.0224. The van der Waals surface area contributed by atoms with Crippen molar-refractivity contribution in [3.8, 4) is 11.4 Å². The van der Waals surface area contributed by atoms with E-state index in [1.165, 1.54) is 6.07 Å². The summed E-state index contributed by atoms with van der Waals surface area (Å²) in [5, 5.41) is 39.1. The fourth-order valence-electron chi connectivity index (χ4n) is 10.4. The molecule has 5 aliphatic rings. The number of carbonyl (C=O) groups excluding carboxylic acids is 7. The Morgan fingerprint density at radius 2 is 1.64 bits per heavy atom. The van der Waals surface area contributed by atoms with Crippen molar-refractivity contribution in [3.63, 3.8) is 0 Å². The number of fused-ring (bicyclic) bond motifs is 5. The van der Waals surface area contributed by atoms with Gasteiger partial charge in [0.05, 0.1) is 87.1 Å². The van der Waals surface area contributed by atoms with Crippen molar-refractivity contribution in [2.45, 2.75) is 89.5 Å². The zero-order valence-corrected chi connectivity index (χ0v) is 43.7. The Balaban J connectivity index is 0.723. The van der Waals surface area contributed by atoms with Crippen LogP contribution in [0.4, 0.5) is 4.39 Å². The summed E-state index contributed by atoms with van der Waals surface area (Å²) >= 11 is 5.99. The van der Waals surface area contributed by atoms with Crippen LogP contribution in [0.5, 0.6) is 0 Å². The van der Waals surface area contributed by atoms with Crippen molar-refractivity contribution < 1.29 is 62.4 Å². The molecule has 5 heterocycles. The van der Waals surface area contributed by atoms with E-state index in [0.717, 1.165) is 51.1 Å². The second-order valence-corrected chi connectivity index (χ2v) is 20.3. The van der Waals surface area contributed by atoms with E-state index in [1.807, 2.05) is 0 Å². The molecule has 8 N–H and O–H groups in total. The summed E-state index contributed by atoms with van der Waals surface area (Å²) in [5.74, 6) is -4.32. The fraction of sp³-hybridized carbons (Fsp3) is 0.444. The lowest BCUT2D eigenvalue weighted by atomic mass is 9.81. The van der Waals surface area contributed by atoms with E-state index in [9.17, 15) is 48.6 Å². The Morgan fingerprint density at radius 3 is 2.40 bits per heavy atom. The van der Waals surface area contributed by atoms with Crippen LogP contribution in [0.25, 0.3) is 22.3 Å². The fourth-order valence-corrected chi connectivity index (χ4v) is 10.9. The number of aromatic nitrogens is 2. The zero-order valence-electron chi connectivity index (χ0n) is 42.9. The first-order valence-electron chi connectivity index (χ1n) is 25.8. The molecule has 2 aliphatic carbocycles. The van der Waals surface area contributed by atoms with Crippen molar-refractivity contribution in [3.05, 3.63) is 110 Å². The topological polar surface area (TPSA) is 298 Å². The molecule has 7 amide bonds. The molecule has 2 aromatic carbocycles. The number of nitrogens with one attached hydrogen (secondary N) is 6. The Labute approximate surface area is 451 Å². The number of thiocarbonyl (C=S) groups is 1. The molecule has 4 aromatic rings. The molecule has 1 saturated carbocycles. The summed E-state index contributed by atoms with van der Waals surface area (Å²) in [7, 11) is 0. The normalized spacial score (nSPS) is 20.8. The van der Waals surface area contributed by atoms with Crippen LogP contribution >= 0.6 is 12.2 Å². The molecule has 6 atom stereocenters. The van der Waals surface area contributed by atoms with Crippen LogP contribution in [-0.2, 0) is 79.4 Å². The van der Waals surface area contributed by atoms with E-state index in [0.29, 0.717) is 40.3 Å². The summed E-state index contributed by atoms with van der Waals surface area (Å²) in [6.07, 6.45) is 2.74. The number of halogens is 1. The molecule has 9 rings (SSSR count). The maximum atomic E-state index is 15.5. The Kier molecular flexibility index (Phi) is 16.8. The van der Waals surface area contributed by atoms with Gasteiger partial charge in [0.15, 0.2) is 6.29 Å². The molecule has 78 heavy (non-hydrogen) atoms. The number of hydrogen-bond acceptors (Lipinski definition) is 15. The van der Waals surface area contributed by atoms with Crippen molar-refractivity contribution in [1.82, 2.24) is 46.4 Å². The Bertz CT molecular complexity index is 3170. The van der Waals surface area contributed by atoms with Gasteiger partial charge in [-0.15, -0.1) is 0 Å². The number of aliphatic hydroxyl groups excluding tert-OH is 1. The summed E-state index contributed by atoms with van der Waals surface area (Å²) in [6.45, 7) is 2.26. The number of hydrogen-bond donors (Lipinski definition) is 8. The quantitative estimate of drug-likeness (QED) is 0.0190. The molecule has 1 fully saturated rings. The van der Waals surface area contributed by atoms with Crippen LogP contribution in [0.15, 0.2) is 59.4 Å². The molecule has 412 valence electrons. The molecule has 0 spiro atoms. The summed E-state index contributed by atoms with van der Waals surface area (Å²) in [4.78, 5) is 108. The summed E-state index contributed by atoms with van der Waals surface area (Å²) < 4.78 is 33.6. The highest BCUT2D eigenvalue weighted by molar-refractivity contribution is 7.80. The molecular weight excluding hydrogens is 1030 g/mol. The SMILES string of the molecule is CC[C@]1(O)c2cc3n(c(=O)c2COC1O)Cc1c-3nc2cc(F)c(C)c3c2c1[C@@H](NC(=S)[C@H]1C[C@@H]1COCNC(=O)CNC(=O)[C@H](Cc1ccccc1)NC(=O)CNC(=O)CNC(=O)CCOCCN1C(=O)C=CC1=O)CC3. The molecule has 0 saturated heterocycles. The van der Waals surface area contributed by atoms with Gasteiger partial charge in [0.25, 0.3) is 17.4 Å². The second kappa shape index (κ2) is 23.7. The molecule has 0 bridgehead atoms. The molecule has 24 heteroatoms. The lowest BCUT2D eigenvalue weighted by Gasteiger charge is -2.37. The predicted octanol–water partition coefficient (Wildman–Crippen LogP) is 0.357. The van der Waals surface area contributed by atoms with E-state index in [1.54, 1.807) is 54.8 Å². The van der Waals surface area contributed by atoms with Gasteiger partial charge in [0.1, 0.15) is 24.2 Å². The highest BCUT2D eigenvalue weighted by atomic mass is 32.1. The third-order valence-corrected chi connectivity index (χ3v) is 15.3. The minimum atomic E-state index is -1.81. The van der Waals surface area contributed by atoms with Gasteiger partial charge in [-0.25, -0.2) is 9.37 Å². The average Bonchev–Trinajstić information content (AvgIpc) is 4.04. The largest absolute Gasteiger partial charge is 0.380 e. The van der Waals surface area contributed by atoms with Crippen LogP contribution in [0, 0.1) is 24.6 Å². The first-order valence-corrected chi connectivity index (χ1v) is 26.2. The Morgan fingerprint density at radius 1 is 0.923 bits per heavy atom. The third kappa shape index (κ3) is 11.9. The molecule has 22 nitrogen and oxygen atoms in total. The van der Waals surface area contributed by atoms with Gasteiger partial charge < -0.3 is 60.9 Å². The van der Waals surface area contributed by atoms with Crippen LogP contribution in [-0.4, -0.2) is 136 Å². The standard InChI is InChI=1S/C54H60FN9O13S/c1-3-54(74)35-19-40-49-33(24-64(40)52(72)34(35)26-77-53(54)73)48-37(10-9-31-28(2)36(55)20-38(61-49)47(31)48)62-51(78)32-18-30(32)25-76-27-59-43(67)22-58-50(71)39(17-29-7-5-4-6-8-29)60-44(68)23-57-42(66)21-56-41(65)13-15-75-16-14-63-45(69)11-12-46(63)70/h4-8,11-12,19-20,30,32,37,39,53,73-74H,3,9-10,13-18,21-27H2,1-2H3,(H,56,65)(H,57,66)(H,58,71)(H,59,67)(H,60,68)(H,62,78)/t30-,32+,37+,39+,53?,54+/m1/s1. The van der Waals surface area contributed by atoms with Crippen molar-refractivity contribution in [2.24, 2.45) is 11.8 Å². The van der Waals surface area contributed by atoms with Crippen molar-refractivity contribution in [1.29, 1.82) is 0 Å². The van der Waals surface area contributed by atoms with E-state index < -0.39 is 78.9 Å². The number of aryl methyl sites for hydroxylation is 1. The van der Waals surface area contributed by atoms with Gasteiger partial charge in [-0.05, 0) is 66.8 Å². The minimum Gasteiger partial charge on any atom is -0.380 e. The monoisotopic (exact) mass is 1090 g/mol. The number of nitrogens with zero attached hydrogens (tertiary/aromatic N) is 3. The van der Waals surface area contributed by atoms with E-state index in [2.05, 4.69) is 31.9 Å². The maximum absolute atomic E-state index is 15.5. The van der Waals surface area contributed by atoms with Crippen molar-refractivity contribution in [2.75, 3.05) is 52.7 Å². The van der Waals surface area contributed by atoms with Crippen LogP contribution in [0.3, 0.4) is 0 Å². The van der Waals surface area contributed by atoms with Gasteiger partial charge in [-0.3, -0.25) is 43.3 Å². The number of pyridine rings is 2. The van der Waals surface area contributed by atoms with E-state index in [-0.39, 0.29) is 106 Å². The molecule has 0 radical (unpaired) electrons. The lowest BCUT2D eigenvalue weighted by molar-refractivity contribution is -0.236. The first-order chi connectivity index (χ1) is 37.4. The summed E-state index contributed by atoms with van der Waals surface area (Å²) in [6, 6.07) is 10.6. The first kappa shape index (κ1) is 55.4. The summed E-state index contributed by atoms with van der Waals surface area (Å²) in [5.41, 5.74) is 3.55. The lowest BCUT2D eigenvalue weighted by Crippen LogP contribution is -2.52. The molecular formula is C54H60FN9O13S.